The Hall–Kier alpha value is -2.57. The zero-order chi connectivity index (χ0) is 14.9. The number of nitrogens with zero attached hydrogens (tertiary/aromatic N) is 1. The summed E-state index contributed by atoms with van der Waals surface area (Å²) in [6.45, 7) is 3.44. The van der Waals surface area contributed by atoms with Crippen molar-refractivity contribution < 1.29 is 9.59 Å². The first kappa shape index (κ1) is 13.9. The third-order valence-corrected chi connectivity index (χ3v) is 2.87. The van der Waals surface area contributed by atoms with E-state index in [9.17, 15) is 9.59 Å². The molecule has 1 aromatic heterocycles. The molecule has 2 amide bonds. The number of nitrogens with one attached hydrogen (secondary N) is 2. The molecule has 1 aromatic carbocycles. The summed E-state index contributed by atoms with van der Waals surface area (Å²) in [6, 6.07) is 5.15. The van der Waals surface area contributed by atoms with Gasteiger partial charge in [-0.2, -0.15) is 5.10 Å². The van der Waals surface area contributed by atoms with Crippen LogP contribution in [-0.2, 0) is 4.79 Å². The van der Waals surface area contributed by atoms with E-state index in [1.54, 1.807) is 32.0 Å². The van der Waals surface area contributed by atoms with E-state index in [2.05, 4.69) is 15.5 Å². The molecule has 0 bridgehead atoms. The Bertz CT molecular complexity index is 674. The number of hydrogen-bond donors (Lipinski definition) is 4. The Balaban J connectivity index is 2.28. The Labute approximate surface area is 115 Å². The number of aromatic amines is 1. The fourth-order valence-electron chi connectivity index (χ4n) is 2.05. The number of anilines is 1. The number of hydrogen-bond acceptors (Lipinski definition) is 4. The maximum atomic E-state index is 12.2. The van der Waals surface area contributed by atoms with Gasteiger partial charge in [-0.15, -0.1) is 0 Å². The van der Waals surface area contributed by atoms with E-state index >= 15 is 0 Å². The zero-order valence-electron chi connectivity index (χ0n) is 11.4. The molecular weight excluding hydrogens is 258 g/mol. The van der Waals surface area contributed by atoms with Crippen molar-refractivity contribution in [3.8, 4) is 0 Å². The van der Waals surface area contributed by atoms with Gasteiger partial charge in [-0.25, -0.2) is 0 Å². The Kier molecular flexibility index (Phi) is 3.35. The number of carbonyl (C=O) groups is 2. The van der Waals surface area contributed by atoms with E-state index in [1.807, 2.05) is 0 Å². The van der Waals surface area contributed by atoms with Gasteiger partial charge in [-0.1, -0.05) is 0 Å². The number of aromatic nitrogens is 2. The van der Waals surface area contributed by atoms with Crippen LogP contribution in [0.1, 0.15) is 30.8 Å². The molecule has 7 heteroatoms. The summed E-state index contributed by atoms with van der Waals surface area (Å²) in [7, 11) is 0. The molecule has 0 aliphatic heterocycles. The van der Waals surface area contributed by atoms with Gasteiger partial charge in [0.2, 0.25) is 5.91 Å². The van der Waals surface area contributed by atoms with Gasteiger partial charge in [0.05, 0.1) is 5.52 Å². The van der Waals surface area contributed by atoms with Gasteiger partial charge in [0.25, 0.3) is 5.91 Å². The predicted octanol–water partition coefficient (Wildman–Crippen LogP) is 0.529. The maximum absolute atomic E-state index is 12.2. The van der Waals surface area contributed by atoms with Gasteiger partial charge >= 0.3 is 0 Å². The van der Waals surface area contributed by atoms with Crippen LogP contribution < -0.4 is 16.8 Å². The smallest absolute Gasteiger partial charge is 0.272 e. The molecule has 0 atom stereocenters. The summed E-state index contributed by atoms with van der Waals surface area (Å²) >= 11 is 0. The van der Waals surface area contributed by atoms with E-state index in [1.165, 1.54) is 0 Å². The number of amides is 2. The molecule has 0 saturated carbocycles. The van der Waals surface area contributed by atoms with Gasteiger partial charge in [0.1, 0.15) is 0 Å². The Morgan fingerprint density at radius 2 is 2.10 bits per heavy atom. The van der Waals surface area contributed by atoms with Gasteiger partial charge in [0, 0.05) is 23.0 Å². The highest BCUT2D eigenvalue weighted by molar-refractivity contribution is 6.05. The van der Waals surface area contributed by atoms with E-state index in [0.29, 0.717) is 11.1 Å². The lowest BCUT2D eigenvalue weighted by atomic mass is 10.00. The molecule has 0 saturated heterocycles. The first-order valence-corrected chi connectivity index (χ1v) is 6.13. The highest BCUT2D eigenvalue weighted by Crippen LogP contribution is 2.19. The minimum atomic E-state index is -0.742. The lowest BCUT2D eigenvalue weighted by Gasteiger charge is -2.24. The summed E-state index contributed by atoms with van der Waals surface area (Å²) in [4.78, 5) is 23.2. The van der Waals surface area contributed by atoms with E-state index in [0.717, 1.165) is 5.52 Å². The molecule has 2 rings (SSSR count). The van der Waals surface area contributed by atoms with Crippen molar-refractivity contribution >= 4 is 28.4 Å². The number of nitrogen functional groups attached to an aromatic ring is 1. The Morgan fingerprint density at radius 3 is 2.75 bits per heavy atom. The Morgan fingerprint density at radius 1 is 1.40 bits per heavy atom. The maximum Gasteiger partial charge on any atom is 0.272 e. The van der Waals surface area contributed by atoms with Crippen molar-refractivity contribution in [1.82, 2.24) is 15.5 Å². The van der Waals surface area contributed by atoms with Crippen molar-refractivity contribution in [2.24, 2.45) is 5.73 Å². The second kappa shape index (κ2) is 4.84. The first-order valence-electron chi connectivity index (χ1n) is 6.13. The molecule has 0 radical (unpaired) electrons. The van der Waals surface area contributed by atoms with Crippen LogP contribution >= 0.6 is 0 Å². The van der Waals surface area contributed by atoms with Crippen LogP contribution in [-0.4, -0.2) is 27.6 Å². The molecule has 0 aliphatic carbocycles. The molecule has 0 unspecified atom stereocenters. The van der Waals surface area contributed by atoms with Crippen LogP contribution in [0.5, 0.6) is 0 Å². The molecule has 0 spiro atoms. The third-order valence-electron chi connectivity index (χ3n) is 2.87. The second-order valence-corrected chi connectivity index (χ2v) is 5.36. The van der Waals surface area contributed by atoms with Crippen LogP contribution in [0.3, 0.4) is 0 Å². The molecule has 1 heterocycles. The zero-order valence-corrected chi connectivity index (χ0v) is 11.4. The topological polar surface area (TPSA) is 127 Å². The fourth-order valence-corrected chi connectivity index (χ4v) is 2.05. The highest BCUT2D eigenvalue weighted by Gasteiger charge is 2.25. The van der Waals surface area contributed by atoms with Crippen molar-refractivity contribution in [3.63, 3.8) is 0 Å². The van der Waals surface area contributed by atoms with Crippen LogP contribution in [0.2, 0.25) is 0 Å². The van der Waals surface area contributed by atoms with Gasteiger partial charge in [-0.05, 0) is 32.0 Å². The van der Waals surface area contributed by atoms with E-state index in [4.69, 9.17) is 11.5 Å². The van der Waals surface area contributed by atoms with E-state index < -0.39 is 11.4 Å². The average molecular weight is 275 g/mol. The molecule has 0 aliphatic rings. The second-order valence-electron chi connectivity index (χ2n) is 5.36. The van der Waals surface area contributed by atoms with Crippen molar-refractivity contribution in [2.45, 2.75) is 25.8 Å². The summed E-state index contributed by atoms with van der Waals surface area (Å²) in [6.07, 6.45) is 0.0449. The molecule has 2 aromatic rings. The molecule has 6 N–H and O–H groups in total. The molecule has 7 nitrogen and oxygen atoms in total. The SMILES string of the molecule is CC(C)(CC(N)=O)NC(=O)c1n[nH]c2ccc(N)cc12. The van der Waals surface area contributed by atoms with Gasteiger partial charge < -0.3 is 16.8 Å². The average Bonchev–Trinajstić information content (AvgIpc) is 2.68. The predicted molar refractivity (Wildman–Crippen MR) is 75.9 cm³/mol. The highest BCUT2D eigenvalue weighted by atomic mass is 16.2. The number of primary amides is 1. The molecule has 20 heavy (non-hydrogen) atoms. The lowest BCUT2D eigenvalue weighted by Crippen LogP contribution is -2.46. The van der Waals surface area contributed by atoms with Gasteiger partial charge in [0.15, 0.2) is 5.69 Å². The van der Waals surface area contributed by atoms with Crippen molar-refractivity contribution in [1.29, 1.82) is 0 Å². The van der Waals surface area contributed by atoms with Crippen LogP contribution in [0.15, 0.2) is 18.2 Å². The van der Waals surface area contributed by atoms with Crippen LogP contribution in [0.25, 0.3) is 10.9 Å². The van der Waals surface area contributed by atoms with Crippen LogP contribution in [0.4, 0.5) is 5.69 Å². The first-order chi connectivity index (χ1) is 9.28. The number of fused-ring (bicyclic) bond motifs is 1. The number of H-pyrrole nitrogens is 1. The van der Waals surface area contributed by atoms with Crippen molar-refractivity contribution in [2.75, 3.05) is 5.73 Å². The van der Waals surface area contributed by atoms with Crippen LogP contribution in [0, 0.1) is 0 Å². The quantitative estimate of drug-likeness (QED) is 0.607. The molecular formula is C13H17N5O2. The largest absolute Gasteiger partial charge is 0.399 e. The number of benzene rings is 1. The molecule has 0 fully saturated rings. The van der Waals surface area contributed by atoms with Gasteiger partial charge in [-0.3, -0.25) is 14.7 Å². The lowest BCUT2D eigenvalue weighted by molar-refractivity contribution is -0.119. The van der Waals surface area contributed by atoms with Crippen molar-refractivity contribution in [3.05, 3.63) is 23.9 Å². The number of nitrogens with two attached hydrogens (primary N) is 2. The normalized spacial score (nSPS) is 11.5. The third kappa shape index (κ3) is 2.87. The fraction of sp³-hybridized carbons (Fsp3) is 0.308. The number of rotatable bonds is 4. The standard InChI is InChI=1S/C13H17N5O2/c1-13(2,6-10(15)19)16-12(20)11-8-5-7(14)3-4-9(8)17-18-11/h3-5H,6,14H2,1-2H3,(H2,15,19)(H,16,20)(H,17,18). The number of carbonyl (C=O) groups excluding carboxylic acids is 2. The summed E-state index contributed by atoms with van der Waals surface area (Å²) < 4.78 is 0. The summed E-state index contributed by atoms with van der Waals surface area (Å²) in [5.74, 6) is -0.862. The van der Waals surface area contributed by atoms with E-state index in [-0.39, 0.29) is 18.0 Å². The minimum absolute atomic E-state index is 0.0449. The summed E-state index contributed by atoms with van der Waals surface area (Å²) in [5.41, 5.74) is 11.6. The molecule has 106 valence electrons. The summed E-state index contributed by atoms with van der Waals surface area (Å²) in [5, 5.41) is 10.1. The minimum Gasteiger partial charge on any atom is -0.399 e. The monoisotopic (exact) mass is 275 g/mol.